The van der Waals surface area contributed by atoms with Gasteiger partial charge in [-0.25, -0.2) is 0 Å². The lowest BCUT2D eigenvalue weighted by Gasteiger charge is -2.24. The third kappa shape index (κ3) is 7.66. The summed E-state index contributed by atoms with van der Waals surface area (Å²) in [5.41, 5.74) is 1.46. The monoisotopic (exact) mass is 226 g/mol. The average Bonchev–Trinajstić information content (AvgIpc) is 2.11. The Balaban J connectivity index is 3.88. The van der Waals surface area contributed by atoms with Crippen LogP contribution in [-0.4, -0.2) is 21.9 Å². The van der Waals surface area contributed by atoms with Crippen molar-refractivity contribution in [2.75, 3.05) is 0 Å². The summed E-state index contributed by atoms with van der Waals surface area (Å²) in [5, 5.41) is 19.2. The number of allylic oxidation sites excluding steroid dienone is 3. The molecule has 0 heterocycles. The van der Waals surface area contributed by atoms with Crippen LogP contribution < -0.4 is 0 Å². The summed E-state index contributed by atoms with van der Waals surface area (Å²) in [6.07, 6.45) is 5.01. The van der Waals surface area contributed by atoms with Crippen molar-refractivity contribution in [1.29, 1.82) is 0 Å². The van der Waals surface area contributed by atoms with Crippen molar-refractivity contribution in [2.45, 2.75) is 65.1 Å². The Hall–Kier alpha value is -0.600. The van der Waals surface area contributed by atoms with Crippen LogP contribution in [0.25, 0.3) is 0 Å². The van der Waals surface area contributed by atoms with Crippen LogP contribution in [-0.2, 0) is 0 Å². The van der Waals surface area contributed by atoms with E-state index in [1.54, 1.807) is 13.8 Å². The van der Waals surface area contributed by atoms with Crippen LogP contribution in [0.1, 0.15) is 53.4 Å². The molecule has 2 nitrogen and oxygen atoms in total. The van der Waals surface area contributed by atoms with Gasteiger partial charge in [0.1, 0.15) is 0 Å². The molecule has 1 unspecified atom stereocenters. The zero-order valence-corrected chi connectivity index (χ0v) is 11.1. The normalized spacial score (nSPS) is 15.0. The van der Waals surface area contributed by atoms with Gasteiger partial charge in [-0.2, -0.15) is 0 Å². The molecule has 0 bridgehead atoms. The lowest BCUT2D eigenvalue weighted by molar-refractivity contribution is -0.0509. The molecule has 0 aromatic rings. The summed E-state index contributed by atoms with van der Waals surface area (Å²) in [4.78, 5) is 0. The van der Waals surface area contributed by atoms with E-state index in [2.05, 4.69) is 19.6 Å². The maximum atomic E-state index is 9.66. The van der Waals surface area contributed by atoms with Gasteiger partial charge in [-0.15, -0.1) is 6.58 Å². The zero-order valence-electron chi connectivity index (χ0n) is 11.1. The first kappa shape index (κ1) is 15.4. The van der Waals surface area contributed by atoms with Gasteiger partial charge >= 0.3 is 0 Å². The van der Waals surface area contributed by atoms with Gasteiger partial charge in [-0.3, -0.25) is 0 Å². The van der Waals surface area contributed by atoms with Crippen molar-refractivity contribution in [1.82, 2.24) is 0 Å². The molecule has 1 atom stereocenters. The van der Waals surface area contributed by atoms with Gasteiger partial charge < -0.3 is 10.2 Å². The molecule has 0 rings (SSSR count). The van der Waals surface area contributed by atoms with Crippen LogP contribution >= 0.6 is 0 Å². The first-order valence-corrected chi connectivity index (χ1v) is 5.94. The fourth-order valence-corrected chi connectivity index (χ4v) is 1.38. The predicted molar refractivity (Wildman–Crippen MR) is 69.3 cm³/mol. The molecule has 16 heavy (non-hydrogen) atoms. The Bertz CT molecular complexity index is 246. The Kier molecular flexibility index (Phi) is 6.61. The first-order chi connectivity index (χ1) is 7.23. The van der Waals surface area contributed by atoms with E-state index in [0.29, 0.717) is 6.42 Å². The molecule has 0 saturated heterocycles. The summed E-state index contributed by atoms with van der Waals surface area (Å²) in [6, 6.07) is 0. The Morgan fingerprint density at radius 3 is 2.31 bits per heavy atom. The summed E-state index contributed by atoms with van der Waals surface area (Å²) in [5.74, 6) is 0. The first-order valence-electron chi connectivity index (χ1n) is 5.94. The van der Waals surface area contributed by atoms with Crippen molar-refractivity contribution >= 4 is 0 Å². The largest absolute Gasteiger partial charge is 0.390 e. The lowest BCUT2D eigenvalue weighted by atomic mass is 9.95. The van der Waals surface area contributed by atoms with Gasteiger partial charge in [0.15, 0.2) is 0 Å². The topological polar surface area (TPSA) is 40.5 Å². The number of hydrogen-bond donors (Lipinski definition) is 2. The molecule has 0 radical (unpaired) electrons. The molecule has 0 spiro atoms. The molecule has 94 valence electrons. The van der Waals surface area contributed by atoms with Gasteiger partial charge in [-0.05, 0) is 53.4 Å². The fraction of sp³-hybridized carbons (Fsp3) is 0.714. The lowest BCUT2D eigenvalue weighted by Crippen LogP contribution is -2.35. The van der Waals surface area contributed by atoms with Crippen LogP contribution in [0.4, 0.5) is 0 Å². The molecule has 0 fully saturated rings. The molecule has 0 saturated carbocycles. The minimum atomic E-state index is -1.00. The van der Waals surface area contributed by atoms with E-state index in [-0.39, 0.29) is 0 Å². The van der Waals surface area contributed by atoms with Crippen LogP contribution in [0, 0.1) is 0 Å². The highest BCUT2D eigenvalue weighted by Gasteiger charge is 2.23. The SMILES string of the molecule is C=C(C)CC/C=C(\C)CCC(O)C(C)(C)O. The summed E-state index contributed by atoms with van der Waals surface area (Å²) in [7, 11) is 0. The second kappa shape index (κ2) is 6.87. The standard InChI is InChI=1S/C14H26O2/c1-11(2)7-6-8-12(3)9-10-13(15)14(4,5)16/h8,13,15-16H,1,6-7,9-10H2,2-5H3/b12-8+. The summed E-state index contributed by atoms with van der Waals surface area (Å²) >= 11 is 0. The van der Waals surface area contributed by atoms with Gasteiger partial charge in [0.25, 0.3) is 0 Å². The van der Waals surface area contributed by atoms with E-state index < -0.39 is 11.7 Å². The smallest absolute Gasteiger partial charge is 0.0849 e. The van der Waals surface area contributed by atoms with Crippen molar-refractivity contribution in [3.8, 4) is 0 Å². The molecule has 2 N–H and O–H groups in total. The maximum absolute atomic E-state index is 9.66. The predicted octanol–water partition coefficient (Wildman–Crippen LogP) is 3.20. The fourth-order valence-electron chi connectivity index (χ4n) is 1.38. The molecule has 0 aliphatic heterocycles. The molecule has 0 aromatic carbocycles. The highest BCUT2D eigenvalue weighted by atomic mass is 16.3. The van der Waals surface area contributed by atoms with E-state index in [9.17, 15) is 10.2 Å². The van der Waals surface area contributed by atoms with Crippen molar-refractivity contribution < 1.29 is 10.2 Å². The van der Waals surface area contributed by atoms with E-state index in [4.69, 9.17) is 0 Å². The average molecular weight is 226 g/mol. The number of aliphatic hydroxyl groups is 2. The molecule has 0 aliphatic rings. The second-order valence-corrected chi connectivity index (χ2v) is 5.25. The summed E-state index contributed by atoms with van der Waals surface area (Å²) in [6.45, 7) is 11.2. The molecule has 0 aliphatic carbocycles. The molecule has 2 heteroatoms. The Morgan fingerprint density at radius 2 is 1.88 bits per heavy atom. The van der Waals surface area contributed by atoms with Crippen LogP contribution in [0.5, 0.6) is 0 Å². The van der Waals surface area contributed by atoms with Gasteiger partial charge in [0, 0.05) is 0 Å². The van der Waals surface area contributed by atoms with Crippen LogP contribution in [0.3, 0.4) is 0 Å². The third-order valence-electron chi connectivity index (χ3n) is 2.69. The second-order valence-electron chi connectivity index (χ2n) is 5.25. The van der Waals surface area contributed by atoms with E-state index in [0.717, 1.165) is 19.3 Å². The molecule has 0 amide bonds. The number of aliphatic hydroxyl groups excluding tert-OH is 1. The molecule has 0 aromatic heterocycles. The van der Waals surface area contributed by atoms with E-state index in [1.165, 1.54) is 11.1 Å². The highest BCUT2D eigenvalue weighted by molar-refractivity contribution is 5.01. The van der Waals surface area contributed by atoms with E-state index >= 15 is 0 Å². The van der Waals surface area contributed by atoms with Gasteiger partial charge in [-0.1, -0.05) is 17.2 Å². The van der Waals surface area contributed by atoms with Crippen molar-refractivity contribution in [2.24, 2.45) is 0 Å². The Labute approximate surface area is 99.7 Å². The number of hydrogen-bond acceptors (Lipinski definition) is 2. The third-order valence-corrected chi connectivity index (χ3v) is 2.69. The maximum Gasteiger partial charge on any atom is 0.0849 e. The Morgan fingerprint density at radius 1 is 1.31 bits per heavy atom. The quantitative estimate of drug-likeness (QED) is 0.654. The zero-order chi connectivity index (χ0) is 12.8. The highest BCUT2D eigenvalue weighted by Crippen LogP contribution is 2.17. The van der Waals surface area contributed by atoms with Crippen molar-refractivity contribution in [3.63, 3.8) is 0 Å². The van der Waals surface area contributed by atoms with E-state index in [1.807, 2.05) is 6.92 Å². The van der Waals surface area contributed by atoms with Gasteiger partial charge in [0.2, 0.25) is 0 Å². The van der Waals surface area contributed by atoms with Crippen LogP contribution in [0.2, 0.25) is 0 Å². The minimum Gasteiger partial charge on any atom is -0.390 e. The van der Waals surface area contributed by atoms with Crippen LogP contribution in [0.15, 0.2) is 23.8 Å². The minimum absolute atomic E-state index is 0.610. The van der Waals surface area contributed by atoms with Crippen molar-refractivity contribution in [3.05, 3.63) is 23.8 Å². The number of rotatable bonds is 7. The van der Waals surface area contributed by atoms with Gasteiger partial charge in [0.05, 0.1) is 11.7 Å². The summed E-state index contributed by atoms with van der Waals surface area (Å²) < 4.78 is 0. The molecular formula is C14H26O2. The molecular weight excluding hydrogens is 200 g/mol.